The van der Waals surface area contributed by atoms with E-state index in [2.05, 4.69) is 33.0 Å². The van der Waals surface area contributed by atoms with Gasteiger partial charge >= 0.3 is 0 Å². The first-order valence-corrected chi connectivity index (χ1v) is 8.65. The summed E-state index contributed by atoms with van der Waals surface area (Å²) >= 11 is 3.31. The summed E-state index contributed by atoms with van der Waals surface area (Å²) in [6.45, 7) is 2.93. The first-order chi connectivity index (χ1) is 11.6. The molecule has 0 unspecified atom stereocenters. The van der Waals surface area contributed by atoms with Gasteiger partial charge in [0, 0.05) is 48.0 Å². The fourth-order valence-corrected chi connectivity index (χ4v) is 3.11. The largest absolute Gasteiger partial charge is 0.368 e. The number of amides is 1. The Balaban J connectivity index is 1.59. The number of carbonyl (C=O) groups is 1. The van der Waals surface area contributed by atoms with E-state index >= 15 is 0 Å². The molecule has 2 aromatic rings. The average molecular weight is 389 g/mol. The van der Waals surface area contributed by atoms with Crippen LogP contribution < -0.4 is 4.90 Å². The van der Waals surface area contributed by atoms with Crippen LogP contribution in [-0.2, 0) is 4.79 Å². The molecule has 3 nitrogen and oxygen atoms in total. The molecule has 0 N–H and O–H groups in total. The van der Waals surface area contributed by atoms with Gasteiger partial charge in [-0.15, -0.1) is 0 Å². The van der Waals surface area contributed by atoms with Gasteiger partial charge in [-0.05, 0) is 36.4 Å². The lowest BCUT2D eigenvalue weighted by Crippen LogP contribution is -2.48. The van der Waals surface area contributed by atoms with Crippen LogP contribution in [0, 0.1) is 5.82 Å². The standard InChI is InChI=1S/C19H18BrFN2O/c20-16-7-8-18(21)15(14-16)6-9-19(24)23-12-10-22(11-13-23)17-4-2-1-3-5-17/h1-9,14H,10-13H2/b9-6+. The zero-order valence-electron chi connectivity index (χ0n) is 13.2. The van der Waals surface area contributed by atoms with Crippen LogP contribution in [0.1, 0.15) is 5.56 Å². The topological polar surface area (TPSA) is 23.6 Å². The highest BCUT2D eigenvalue weighted by Crippen LogP contribution is 2.18. The highest BCUT2D eigenvalue weighted by molar-refractivity contribution is 9.10. The highest BCUT2D eigenvalue weighted by Gasteiger charge is 2.19. The van der Waals surface area contributed by atoms with Crippen LogP contribution in [0.25, 0.3) is 6.08 Å². The first kappa shape index (κ1) is 16.7. The third-order valence-corrected chi connectivity index (χ3v) is 4.57. The predicted octanol–water partition coefficient (Wildman–Crippen LogP) is 3.95. The van der Waals surface area contributed by atoms with Gasteiger partial charge in [0.1, 0.15) is 5.82 Å². The molecule has 24 heavy (non-hydrogen) atoms. The Labute approximate surface area is 149 Å². The molecule has 1 fully saturated rings. The Morgan fingerprint density at radius 3 is 2.46 bits per heavy atom. The summed E-state index contributed by atoms with van der Waals surface area (Å²) in [4.78, 5) is 16.4. The third kappa shape index (κ3) is 4.03. The molecule has 0 aromatic heterocycles. The van der Waals surface area contributed by atoms with E-state index in [1.54, 1.807) is 17.0 Å². The number of anilines is 1. The minimum absolute atomic E-state index is 0.0814. The molecule has 1 aliphatic heterocycles. The summed E-state index contributed by atoms with van der Waals surface area (Å²) in [5.74, 6) is -0.418. The van der Waals surface area contributed by atoms with Gasteiger partial charge in [0.2, 0.25) is 5.91 Å². The average Bonchev–Trinajstić information content (AvgIpc) is 2.63. The molecule has 0 saturated carbocycles. The van der Waals surface area contributed by atoms with Gasteiger partial charge in [-0.25, -0.2) is 4.39 Å². The van der Waals surface area contributed by atoms with Crippen molar-refractivity contribution < 1.29 is 9.18 Å². The second kappa shape index (κ2) is 7.62. The molecule has 1 heterocycles. The van der Waals surface area contributed by atoms with Gasteiger partial charge in [-0.3, -0.25) is 4.79 Å². The number of nitrogens with zero attached hydrogens (tertiary/aromatic N) is 2. The number of hydrogen-bond acceptors (Lipinski definition) is 2. The summed E-state index contributed by atoms with van der Waals surface area (Å²) in [5, 5.41) is 0. The molecule has 0 bridgehead atoms. The zero-order chi connectivity index (χ0) is 16.9. The zero-order valence-corrected chi connectivity index (χ0v) is 14.7. The van der Waals surface area contributed by atoms with Crippen molar-refractivity contribution in [3.63, 3.8) is 0 Å². The fraction of sp³-hybridized carbons (Fsp3) is 0.211. The molecule has 0 aliphatic carbocycles. The maximum atomic E-state index is 13.7. The van der Waals surface area contributed by atoms with Crippen LogP contribution in [0.4, 0.5) is 10.1 Å². The molecule has 1 saturated heterocycles. The Hall–Kier alpha value is -2.14. The monoisotopic (exact) mass is 388 g/mol. The maximum absolute atomic E-state index is 13.7. The number of piperazine rings is 1. The van der Waals surface area contributed by atoms with E-state index in [9.17, 15) is 9.18 Å². The first-order valence-electron chi connectivity index (χ1n) is 7.85. The number of rotatable bonds is 3. The highest BCUT2D eigenvalue weighted by atomic mass is 79.9. The fourth-order valence-electron chi connectivity index (χ4n) is 2.73. The van der Waals surface area contributed by atoms with Crippen molar-refractivity contribution >= 4 is 33.6 Å². The summed E-state index contributed by atoms with van der Waals surface area (Å²) < 4.78 is 14.5. The van der Waals surface area contributed by atoms with Gasteiger partial charge in [-0.1, -0.05) is 34.1 Å². The Morgan fingerprint density at radius 1 is 1.04 bits per heavy atom. The van der Waals surface area contributed by atoms with Gasteiger partial charge in [0.25, 0.3) is 0 Å². The van der Waals surface area contributed by atoms with E-state index in [0.717, 1.165) is 17.6 Å². The van der Waals surface area contributed by atoms with Crippen LogP contribution in [0.15, 0.2) is 59.1 Å². The normalized spacial score (nSPS) is 15.1. The Morgan fingerprint density at radius 2 is 1.75 bits per heavy atom. The smallest absolute Gasteiger partial charge is 0.246 e. The molecule has 0 atom stereocenters. The van der Waals surface area contributed by atoms with Gasteiger partial charge in [0.05, 0.1) is 0 Å². The summed E-state index contributed by atoms with van der Waals surface area (Å²) in [5.41, 5.74) is 1.58. The molecule has 1 amide bonds. The lowest BCUT2D eigenvalue weighted by Gasteiger charge is -2.35. The van der Waals surface area contributed by atoms with Crippen molar-refractivity contribution in [2.24, 2.45) is 0 Å². The van der Waals surface area contributed by atoms with Gasteiger partial charge in [-0.2, -0.15) is 0 Å². The number of carbonyl (C=O) groups excluding carboxylic acids is 1. The minimum atomic E-state index is -0.337. The Bertz CT molecular complexity index is 740. The molecule has 3 rings (SSSR count). The minimum Gasteiger partial charge on any atom is -0.368 e. The van der Waals surface area contributed by atoms with Crippen molar-refractivity contribution in [3.05, 3.63) is 70.5 Å². The lowest BCUT2D eigenvalue weighted by atomic mass is 10.2. The van der Waals surface area contributed by atoms with E-state index in [-0.39, 0.29) is 11.7 Å². The van der Waals surface area contributed by atoms with E-state index in [4.69, 9.17) is 0 Å². The van der Waals surface area contributed by atoms with Crippen LogP contribution in [0.2, 0.25) is 0 Å². The number of benzene rings is 2. The van der Waals surface area contributed by atoms with Crippen molar-refractivity contribution in [3.8, 4) is 0 Å². The van der Waals surface area contributed by atoms with Crippen LogP contribution in [-0.4, -0.2) is 37.0 Å². The van der Waals surface area contributed by atoms with Crippen LogP contribution in [0.3, 0.4) is 0 Å². The SMILES string of the molecule is O=C(/C=C/c1cc(Br)ccc1F)N1CCN(c2ccccc2)CC1. The third-order valence-electron chi connectivity index (χ3n) is 4.08. The van der Waals surface area contributed by atoms with Crippen molar-refractivity contribution in [1.29, 1.82) is 0 Å². The Kier molecular flexibility index (Phi) is 5.30. The van der Waals surface area contributed by atoms with E-state index in [1.165, 1.54) is 23.9 Å². The summed E-state index contributed by atoms with van der Waals surface area (Å²) in [7, 11) is 0. The van der Waals surface area contributed by atoms with Crippen LogP contribution in [0.5, 0.6) is 0 Å². The van der Waals surface area contributed by atoms with Crippen molar-refractivity contribution in [1.82, 2.24) is 4.90 Å². The van der Waals surface area contributed by atoms with Gasteiger partial charge in [0.15, 0.2) is 0 Å². The second-order valence-corrected chi connectivity index (χ2v) is 6.56. The van der Waals surface area contributed by atoms with Crippen molar-refractivity contribution in [2.75, 3.05) is 31.1 Å². The number of para-hydroxylation sites is 1. The van der Waals surface area contributed by atoms with E-state index in [0.29, 0.717) is 18.7 Å². The lowest BCUT2D eigenvalue weighted by molar-refractivity contribution is -0.126. The molecule has 124 valence electrons. The van der Waals surface area contributed by atoms with E-state index in [1.807, 2.05) is 18.2 Å². The number of hydrogen-bond donors (Lipinski definition) is 0. The maximum Gasteiger partial charge on any atom is 0.246 e. The van der Waals surface area contributed by atoms with E-state index < -0.39 is 0 Å². The second-order valence-electron chi connectivity index (χ2n) is 5.65. The molecule has 0 radical (unpaired) electrons. The van der Waals surface area contributed by atoms with Crippen LogP contribution >= 0.6 is 15.9 Å². The quantitative estimate of drug-likeness (QED) is 0.743. The molecule has 2 aromatic carbocycles. The number of halogens is 2. The van der Waals surface area contributed by atoms with Gasteiger partial charge < -0.3 is 9.80 Å². The predicted molar refractivity (Wildman–Crippen MR) is 98.4 cm³/mol. The molecule has 0 spiro atoms. The molecular weight excluding hydrogens is 371 g/mol. The molecule has 5 heteroatoms. The summed E-state index contributed by atoms with van der Waals surface area (Å²) in [6.07, 6.45) is 2.98. The molecular formula is C19H18BrFN2O. The van der Waals surface area contributed by atoms with Crippen molar-refractivity contribution in [2.45, 2.75) is 0 Å². The summed E-state index contributed by atoms with van der Waals surface area (Å²) in [6, 6.07) is 14.9. The molecule has 1 aliphatic rings.